The lowest BCUT2D eigenvalue weighted by Crippen LogP contribution is -2.41. The highest BCUT2D eigenvalue weighted by atomic mass is 19.4. The molecule has 0 aromatic heterocycles. The number of carbonyl (C=O) groups excluding carboxylic acids is 1. The summed E-state index contributed by atoms with van der Waals surface area (Å²) in [5, 5.41) is 6.58. The third-order valence-electron chi connectivity index (χ3n) is 3.89. The number of hydrazone groups is 1. The van der Waals surface area contributed by atoms with E-state index in [1.165, 1.54) is 31.5 Å². The van der Waals surface area contributed by atoms with E-state index < -0.39 is 17.8 Å². The normalized spacial score (nSPS) is 17.0. The van der Waals surface area contributed by atoms with Gasteiger partial charge in [-0.2, -0.15) is 18.3 Å². The highest BCUT2D eigenvalue weighted by molar-refractivity contribution is 6.00. The van der Waals surface area contributed by atoms with Gasteiger partial charge in [0.1, 0.15) is 0 Å². The summed E-state index contributed by atoms with van der Waals surface area (Å²) >= 11 is 0. The van der Waals surface area contributed by atoms with Crippen molar-refractivity contribution < 1.29 is 18.0 Å². The van der Waals surface area contributed by atoms with Crippen LogP contribution in [0.15, 0.2) is 29.4 Å². The number of nitrogens with zero attached hydrogens (tertiary/aromatic N) is 1. The van der Waals surface area contributed by atoms with Gasteiger partial charge in [-0.3, -0.25) is 0 Å². The van der Waals surface area contributed by atoms with Gasteiger partial charge in [-0.05, 0) is 25.8 Å². The van der Waals surface area contributed by atoms with Crippen LogP contribution in [-0.2, 0) is 6.18 Å². The van der Waals surface area contributed by atoms with E-state index in [0.717, 1.165) is 31.7 Å². The van der Waals surface area contributed by atoms with Crippen molar-refractivity contribution in [3.05, 3.63) is 35.4 Å². The second-order valence-corrected chi connectivity index (χ2v) is 5.66. The first-order valence-corrected chi connectivity index (χ1v) is 7.65. The molecule has 23 heavy (non-hydrogen) atoms. The maximum atomic E-state index is 13.0. The van der Waals surface area contributed by atoms with Crippen molar-refractivity contribution in [1.82, 2.24) is 10.7 Å². The molecule has 1 saturated carbocycles. The first-order chi connectivity index (χ1) is 10.9. The minimum Gasteiger partial charge on any atom is -0.334 e. The van der Waals surface area contributed by atoms with Crippen LogP contribution in [0, 0.1) is 0 Å². The molecule has 2 N–H and O–H groups in total. The average molecular weight is 327 g/mol. The van der Waals surface area contributed by atoms with Gasteiger partial charge >= 0.3 is 12.2 Å². The van der Waals surface area contributed by atoms with E-state index in [0.29, 0.717) is 0 Å². The van der Waals surface area contributed by atoms with Gasteiger partial charge in [-0.15, -0.1) is 0 Å². The van der Waals surface area contributed by atoms with Gasteiger partial charge in [0.15, 0.2) is 0 Å². The van der Waals surface area contributed by atoms with Crippen molar-refractivity contribution in [2.24, 2.45) is 5.10 Å². The minimum absolute atomic E-state index is 0.0435. The standard InChI is InChI=1S/C16H20F3N3O/c1-11(13-9-5-6-10-14(13)16(17,18)19)21-22-15(23)20-12-7-3-2-4-8-12/h5-6,9-10,12H,2-4,7-8H2,1H3,(H2,20,22,23)/b21-11+. The van der Waals surface area contributed by atoms with Gasteiger partial charge in [0.05, 0.1) is 11.3 Å². The number of amides is 2. The van der Waals surface area contributed by atoms with Crippen LogP contribution in [0.2, 0.25) is 0 Å². The first-order valence-electron chi connectivity index (χ1n) is 7.65. The average Bonchev–Trinajstić information content (AvgIpc) is 2.53. The summed E-state index contributed by atoms with van der Waals surface area (Å²) in [6.07, 6.45) is 0.710. The van der Waals surface area contributed by atoms with Crippen LogP contribution < -0.4 is 10.7 Å². The fourth-order valence-corrected chi connectivity index (χ4v) is 2.71. The lowest BCUT2D eigenvalue weighted by Gasteiger charge is -2.22. The van der Waals surface area contributed by atoms with Gasteiger partial charge in [0, 0.05) is 11.6 Å². The lowest BCUT2D eigenvalue weighted by atomic mass is 9.96. The largest absolute Gasteiger partial charge is 0.417 e. The summed E-state index contributed by atoms with van der Waals surface area (Å²) in [7, 11) is 0. The number of benzene rings is 1. The molecule has 7 heteroatoms. The maximum absolute atomic E-state index is 13.0. The number of urea groups is 1. The topological polar surface area (TPSA) is 53.5 Å². The van der Waals surface area contributed by atoms with E-state index in [1.54, 1.807) is 0 Å². The van der Waals surface area contributed by atoms with Gasteiger partial charge < -0.3 is 5.32 Å². The fraction of sp³-hybridized carbons (Fsp3) is 0.500. The van der Waals surface area contributed by atoms with Gasteiger partial charge in [-0.1, -0.05) is 37.5 Å². The number of hydrogen-bond donors (Lipinski definition) is 2. The first kappa shape index (κ1) is 17.3. The van der Waals surface area contributed by atoms with E-state index in [2.05, 4.69) is 15.8 Å². The van der Waals surface area contributed by atoms with Crippen LogP contribution in [-0.4, -0.2) is 17.8 Å². The predicted octanol–water partition coefficient (Wildman–Crippen LogP) is 4.06. The molecule has 2 amide bonds. The van der Waals surface area contributed by atoms with Crippen LogP contribution in [0.4, 0.5) is 18.0 Å². The molecule has 1 aromatic carbocycles. The van der Waals surface area contributed by atoms with Crippen molar-refractivity contribution in [2.75, 3.05) is 0 Å². The monoisotopic (exact) mass is 327 g/mol. The number of halogens is 3. The third kappa shape index (κ3) is 4.97. The Bertz CT molecular complexity index is 578. The quantitative estimate of drug-likeness (QED) is 0.638. The SMILES string of the molecule is C/C(=N\NC(=O)NC1CCCCC1)c1ccccc1C(F)(F)F. The van der Waals surface area contributed by atoms with Crippen molar-refractivity contribution in [3.63, 3.8) is 0 Å². The van der Waals surface area contributed by atoms with Crippen molar-refractivity contribution in [3.8, 4) is 0 Å². The summed E-state index contributed by atoms with van der Waals surface area (Å²) in [5.74, 6) is 0. The Morgan fingerprint density at radius 3 is 2.48 bits per heavy atom. The van der Waals surface area contributed by atoms with E-state index in [9.17, 15) is 18.0 Å². The molecule has 1 aliphatic rings. The molecule has 2 rings (SSSR count). The Morgan fingerprint density at radius 2 is 1.83 bits per heavy atom. The van der Waals surface area contributed by atoms with Crippen LogP contribution in [0.1, 0.15) is 50.2 Å². The molecule has 1 fully saturated rings. The van der Waals surface area contributed by atoms with Crippen molar-refractivity contribution >= 4 is 11.7 Å². The van der Waals surface area contributed by atoms with Crippen molar-refractivity contribution in [1.29, 1.82) is 0 Å². The zero-order valence-electron chi connectivity index (χ0n) is 12.9. The zero-order valence-corrected chi connectivity index (χ0v) is 12.9. The summed E-state index contributed by atoms with van der Waals surface area (Å²) in [6, 6.07) is 4.79. The molecule has 1 aliphatic carbocycles. The molecule has 0 aliphatic heterocycles. The molecule has 126 valence electrons. The second kappa shape index (κ2) is 7.48. The van der Waals surface area contributed by atoms with Crippen LogP contribution in [0.5, 0.6) is 0 Å². The molecule has 0 atom stereocenters. The fourth-order valence-electron chi connectivity index (χ4n) is 2.71. The van der Waals surface area contributed by atoms with Gasteiger partial charge in [-0.25, -0.2) is 10.2 Å². The van der Waals surface area contributed by atoms with Crippen molar-refractivity contribution in [2.45, 2.75) is 51.2 Å². The Kier molecular flexibility index (Phi) is 5.63. The molecule has 0 radical (unpaired) electrons. The molecule has 0 unspecified atom stereocenters. The van der Waals surface area contributed by atoms with Crippen LogP contribution in [0.3, 0.4) is 0 Å². The summed E-state index contributed by atoms with van der Waals surface area (Å²) in [4.78, 5) is 11.8. The molecule has 0 bridgehead atoms. The summed E-state index contributed by atoms with van der Waals surface area (Å²) in [6.45, 7) is 1.44. The summed E-state index contributed by atoms with van der Waals surface area (Å²) < 4.78 is 38.9. The second-order valence-electron chi connectivity index (χ2n) is 5.66. The van der Waals surface area contributed by atoms with E-state index in [1.807, 2.05) is 0 Å². The Labute approximate surface area is 133 Å². The predicted molar refractivity (Wildman–Crippen MR) is 82.2 cm³/mol. The smallest absolute Gasteiger partial charge is 0.334 e. The number of alkyl halides is 3. The maximum Gasteiger partial charge on any atom is 0.417 e. The van der Waals surface area contributed by atoms with E-state index in [4.69, 9.17) is 0 Å². The van der Waals surface area contributed by atoms with Gasteiger partial charge in [0.25, 0.3) is 0 Å². The molecule has 0 saturated heterocycles. The number of carbonyl (C=O) groups is 1. The number of hydrogen-bond acceptors (Lipinski definition) is 2. The van der Waals surface area contributed by atoms with E-state index >= 15 is 0 Å². The summed E-state index contributed by atoms with van der Waals surface area (Å²) in [5.41, 5.74) is 1.57. The van der Waals surface area contributed by atoms with Crippen LogP contribution in [0.25, 0.3) is 0 Å². The Morgan fingerprint density at radius 1 is 1.17 bits per heavy atom. The number of rotatable bonds is 3. The Balaban J connectivity index is 2.01. The highest BCUT2D eigenvalue weighted by Crippen LogP contribution is 2.32. The Hall–Kier alpha value is -2.05. The molecular weight excluding hydrogens is 307 g/mol. The minimum atomic E-state index is -4.46. The number of nitrogens with one attached hydrogen (secondary N) is 2. The molecular formula is C16H20F3N3O. The molecule has 0 spiro atoms. The van der Waals surface area contributed by atoms with Gasteiger partial charge in [0.2, 0.25) is 0 Å². The van der Waals surface area contributed by atoms with Crippen LogP contribution >= 0.6 is 0 Å². The molecule has 1 aromatic rings. The zero-order chi connectivity index (χ0) is 16.9. The van der Waals surface area contributed by atoms with E-state index in [-0.39, 0.29) is 17.3 Å². The molecule has 0 heterocycles. The highest BCUT2D eigenvalue weighted by Gasteiger charge is 2.33. The molecule has 4 nitrogen and oxygen atoms in total. The third-order valence-corrected chi connectivity index (χ3v) is 3.89. The lowest BCUT2D eigenvalue weighted by molar-refractivity contribution is -0.137.